The lowest BCUT2D eigenvalue weighted by Crippen LogP contribution is -2.22. The topological polar surface area (TPSA) is 57.8 Å². The Bertz CT molecular complexity index is 520. The number of hydrogen-bond donors (Lipinski definition) is 2. The van der Waals surface area contributed by atoms with Gasteiger partial charge in [-0.25, -0.2) is 4.98 Å². The van der Waals surface area contributed by atoms with Gasteiger partial charge in [0, 0.05) is 21.7 Å². The lowest BCUT2D eigenvalue weighted by atomic mass is 10.4. The number of carbonyl (C=O) groups excluding carboxylic acids is 1. The molecule has 0 radical (unpaired) electrons. The van der Waals surface area contributed by atoms with Crippen molar-refractivity contribution in [1.82, 2.24) is 15.3 Å². The van der Waals surface area contributed by atoms with E-state index in [9.17, 15) is 4.79 Å². The van der Waals surface area contributed by atoms with Gasteiger partial charge in [-0.2, -0.15) is 0 Å². The van der Waals surface area contributed by atoms with Crippen LogP contribution in [-0.4, -0.2) is 15.9 Å². The fraction of sp³-hybridized carbons (Fsp3) is 0.273. The Hall–Kier alpha value is -1.14. The van der Waals surface area contributed by atoms with E-state index in [0.29, 0.717) is 12.2 Å². The van der Waals surface area contributed by atoms with Crippen LogP contribution in [0.25, 0.3) is 0 Å². The van der Waals surface area contributed by atoms with E-state index in [-0.39, 0.29) is 5.91 Å². The Labute approximate surface area is 112 Å². The minimum atomic E-state index is -0.121. The number of H-pyrrole nitrogens is 1. The second kappa shape index (κ2) is 5.46. The predicted molar refractivity (Wildman–Crippen MR) is 71.2 cm³/mol. The number of amides is 1. The number of thiazole rings is 1. The van der Waals surface area contributed by atoms with Crippen molar-refractivity contribution in [2.24, 2.45) is 0 Å². The molecule has 6 heteroatoms. The summed E-state index contributed by atoms with van der Waals surface area (Å²) in [7, 11) is 0. The maximum absolute atomic E-state index is 11.7. The number of nitrogens with zero attached hydrogens (tertiary/aromatic N) is 1. The van der Waals surface area contributed by atoms with E-state index in [4.69, 9.17) is 0 Å². The smallest absolute Gasteiger partial charge is 0.268 e. The lowest BCUT2D eigenvalue weighted by molar-refractivity contribution is 0.0946. The molecule has 0 aromatic carbocycles. The van der Waals surface area contributed by atoms with Crippen LogP contribution in [-0.2, 0) is 13.0 Å². The van der Waals surface area contributed by atoms with Crippen molar-refractivity contribution in [2.45, 2.75) is 19.9 Å². The van der Waals surface area contributed by atoms with Gasteiger partial charge in [-0.05, 0) is 28.4 Å². The maximum Gasteiger partial charge on any atom is 0.268 e. The summed E-state index contributed by atoms with van der Waals surface area (Å²) in [5.74, 6) is -0.121. The van der Waals surface area contributed by atoms with Gasteiger partial charge in [0.15, 0.2) is 0 Å². The second-order valence-corrected chi connectivity index (χ2v) is 5.60. The van der Waals surface area contributed by atoms with E-state index >= 15 is 0 Å². The maximum atomic E-state index is 11.7. The molecule has 2 N–H and O–H groups in total. The van der Waals surface area contributed by atoms with E-state index in [1.165, 1.54) is 4.88 Å². The van der Waals surface area contributed by atoms with Crippen LogP contribution >= 0.6 is 27.3 Å². The molecule has 1 amide bonds. The first-order valence-corrected chi connectivity index (χ1v) is 6.85. The van der Waals surface area contributed by atoms with Gasteiger partial charge in [0.25, 0.3) is 5.91 Å². The number of rotatable bonds is 4. The molecule has 0 aliphatic carbocycles. The molecule has 4 nitrogen and oxygen atoms in total. The minimum Gasteiger partial charge on any atom is -0.356 e. The van der Waals surface area contributed by atoms with Crippen LogP contribution in [0.5, 0.6) is 0 Å². The van der Waals surface area contributed by atoms with Crippen LogP contribution in [0.15, 0.2) is 22.9 Å². The SMILES string of the molecule is CCc1cnc(CNC(=O)c2cc(Br)c[nH]2)s1. The Balaban J connectivity index is 1.92. The lowest BCUT2D eigenvalue weighted by Gasteiger charge is -2.00. The summed E-state index contributed by atoms with van der Waals surface area (Å²) in [4.78, 5) is 20.1. The van der Waals surface area contributed by atoms with Gasteiger partial charge >= 0.3 is 0 Å². The minimum absolute atomic E-state index is 0.121. The molecule has 2 aromatic heterocycles. The average Bonchev–Trinajstić information content (AvgIpc) is 2.94. The second-order valence-electron chi connectivity index (χ2n) is 3.49. The molecule has 0 bridgehead atoms. The highest BCUT2D eigenvalue weighted by molar-refractivity contribution is 9.10. The van der Waals surface area contributed by atoms with Crippen molar-refractivity contribution >= 4 is 33.2 Å². The third kappa shape index (κ3) is 3.17. The Kier molecular flexibility index (Phi) is 3.96. The average molecular weight is 314 g/mol. The Morgan fingerprint density at radius 1 is 1.65 bits per heavy atom. The van der Waals surface area contributed by atoms with Gasteiger partial charge in [0.1, 0.15) is 10.7 Å². The van der Waals surface area contributed by atoms with E-state index < -0.39 is 0 Å². The van der Waals surface area contributed by atoms with Crippen molar-refractivity contribution in [3.05, 3.63) is 38.5 Å². The van der Waals surface area contributed by atoms with Gasteiger partial charge in [-0.1, -0.05) is 6.92 Å². The number of carbonyl (C=O) groups is 1. The van der Waals surface area contributed by atoms with E-state index in [2.05, 4.69) is 38.1 Å². The fourth-order valence-corrected chi connectivity index (χ4v) is 2.49. The molecule has 0 saturated heterocycles. The molecule has 2 heterocycles. The fourth-order valence-electron chi connectivity index (χ4n) is 1.34. The van der Waals surface area contributed by atoms with Gasteiger partial charge in [-0.3, -0.25) is 4.79 Å². The molecule has 0 fully saturated rings. The van der Waals surface area contributed by atoms with Crippen LogP contribution in [0, 0.1) is 0 Å². The highest BCUT2D eigenvalue weighted by Crippen LogP contribution is 2.14. The molecular weight excluding hydrogens is 302 g/mol. The first kappa shape index (κ1) is 12.3. The highest BCUT2D eigenvalue weighted by Gasteiger charge is 2.08. The zero-order valence-electron chi connectivity index (χ0n) is 9.29. The van der Waals surface area contributed by atoms with Gasteiger partial charge < -0.3 is 10.3 Å². The summed E-state index contributed by atoms with van der Waals surface area (Å²) in [5.41, 5.74) is 0.546. The molecule has 17 heavy (non-hydrogen) atoms. The number of halogens is 1. The van der Waals surface area contributed by atoms with Crippen LogP contribution in [0.1, 0.15) is 27.3 Å². The van der Waals surface area contributed by atoms with E-state index in [0.717, 1.165) is 15.9 Å². The van der Waals surface area contributed by atoms with E-state index in [1.807, 2.05) is 6.20 Å². The van der Waals surface area contributed by atoms with Crippen LogP contribution in [0.4, 0.5) is 0 Å². The molecule has 0 spiro atoms. The van der Waals surface area contributed by atoms with Gasteiger partial charge in [0.2, 0.25) is 0 Å². The van der Waals surface area contributed by atoms with Gasteiger partial charge in [0.05, 0.1) is 6.54 Å². The summed E-state index contributed by atoms with van der Waals surface area (Å²) < 4.78 is 0.866. The van der Waals surface area contributed by atoms with Crippen LogP contribution in [0.2, 0.25) is 0 Å². The van der Waals surface area contributed by atoms with Gasteiger partial charge in [-0.15, -0.1) is 11.3 Å². The molecule has 0 aliphatic heterocycles. The quantitative estimate of drug-likeness (QED) is 0.911. The van der Waals surface area contributed by atoms with Crippen molar-refractivity contribution in [1.29, 1.82) is 0 Å². The molecule has 2 rings (SSSR count). The summed E-state index contributed by atoms with van der Waals surface area (Å²) in [5, 5.41) is 3.75. The Morgan fingerprint density at radius 3 is 3.06 bits per heavy atom. The highest BCUT2D eigenvalue weighted by atomic mass is 79.9. The van der Waals surface area contributed by atoms with Crippen molar-refractivity contribution in [3.8, 4) is 0 Å². The molecule has 0 aliphatic rings. The van der Waals surface area contributed by atoms with Crippen molar-refractivity contribution in [2.75, 3.05) is 0 Å². The third-order valence-electron chi connectivity index (χ3n) is 2.24. The van der Waals surface area contributed by atoms with Crippen LogP contribution in [0.3, 0.4) is 0 Å². The summed E-state index contributed by atoms with van der Waals surface area (Å²) in [6.07, 6.45) is 4.57. The molecule has 0 atom stereocenters. The summed E-state index contributed by atoms with van der Waals surface area (Å²) in [6, 6.07) is 1.74. The summed E-state index contributed by atoms with van der Waals surface area (Å²) >= 11 is 4.92. The Morgan fingerprint density at radius 2 is 2.47 bits per heavy atom. The van der Waals surface area contributed by atoms with E-state index in [1.54, 1.807) is 23.6 Å². The largest absolute Gasteiger partial charge is 0.356 e. The number of aryl methyl sites for hydroxylation is 1. The zero-order valence-corrected chi connectivity index (χ0v) is 11.7. The van der Waals surface area contributed by atoms with Crippen molar-refractivity contribution < 1.29 is 4.79 Å². The normalized spacial score (nSPS) is 10.5. The standard InChI is InChI=1S/C11H12BrN3OS/c1-2-8-5-14-10(17-8)6-15-11(16)9-3-7(12)4-13-9/h3-5,13H,2,6H2,1H3,(H,15,16). The van der Waals surface area contributed by atoms with Crippen LogP contribution < -0.4 is 5.32 Å². The number of aromatic amines is 1. The monoisotopic (exact) mass is 313 g/mol. The molecule has 2 aromatic rings. The van der Waals surface area contributed by atoms with Crippen molar-refractivity contribution in [3.63, 3.8) is 0 Å². The molecule has 0 saturated carbocycles. The predicted octanol–water partition coefficient (Wildman–Crippen LogP) is 2.73. The molecule has 0 unspecified atom stereocenters. The first-order valence-electron chi connectivity index (χ1n) is 5.24. The first-order chi connectivity index (χ1) is 8.19. The number of aromatic nitrogens is 2. The molecular formula is C11H12BrN3OS. The zero-order chi connectivity index (χ0) is 12.3. The number of hydrogen-bond acceptors (Lipinski definition) is 3. The third-order valence-corrected chi connectivity index (χ3v) is 3.84. The number of nitrogens with one attached hydrogen (secondary N) is 2. The summed E-state index contributed by atoms with van der Waals surface area (Å²) in [6.45, 7) is 2.56. The molecule has 90 valence electrons.